The number of carbonyl (C=O) groups is 2. The topological polar surface area (TPSA) is 96.0 Å². The van der Waals surface area contributed by atoms with Crippen molar-refractivity contribution in [1.29, 1.82) is 0 Å². The number of aliphatic hydroxyl groups is 1. The Morgan fingerprint density at radius 2 is 2.00 bits per heavy atom. The molecule has 0 unspecified atom stereocenters. The zero-order valence-corrected chi connectivity index (χ0v) is 15.3. The van der Waals surface area contributed by atoms with Gasteiger partial charge in [0.05, 0.1) is 12.2 Å². The summed E-state index contributed by atoms with van der Waals surface area (Å²) in [5.41, 5.74) is 4.19. The molecule has 0 aliphatic carbocycles. The number of anilines is 1. The van der Waals surface area contributed by atoms with Gasteiger partial charge in [-0.05, 0) is 18.2 Å². The molecule has 0 radical (unpaired) electrons. The van der Waals surface area contributed by atoms with Crippen molar-refractivity contribution in [2.45, 2.75) is 17.4 Å². The number of aliphatic imine (C=N–C) groups is 1. The number of nitrogens with two attached hydrogens (primary N) is 1. The monoisotopic (exact) mass is 405 g/mol. The smallest absolute Gasteiger partial charge is 0.265 e. The highest BCUT2D eigenvalue weighted by molar-refractivity contribution is 8.15. The molecule has 0 bridgehead atoms. The van der Waals surface area contributed by atoms with E-state index in [1.165, 1.54) is 23.1 Å². The van der Waals surface area contributed by atoms with Gasteiger partial charge in [-0.3, -0.25) is 9.59 Å². The number of halogens is 2. The standard InChI is InChI=1S/C18H13ClFN3O3S/c19-11-5-3-6-12(20)9(11)8-23-13-7-2-1-4-10(13)18(26,16(23)25)14-15(24)22-17(21)27-14/h1-7,14,26H,8H2,(H2,21,22,24)/t14-,18-/m0/s1. The number of amides is 2. The van der Waals surface area contributed by atoms with Crippen LogP contribution in [0.5, 0.6) is 0 Å². The van der Waals surface area contributed by atoms with E-state index >= 15 is 0 Å². The maximum atomic E-state index is 14.2. The van der Waals surface area contributed by atoms with Crippen molar-refractivity contribution in [3.8, 4) is 0 Å². The molecule has 138 valence electrons. The average Bonchev–Trinajstić information content (AvgIpc) is 3.08. The lowest BCUT2D eigenvalue weighted by molar-refractivity contribution is -0.140. The Balaban J connectivity index is 1.80. The third-order valence-electron chi connectivity index (χ3n) is 4.62. The van der Waals surface area contributed by atoms with Crippen LogP contribution in [-0.4, -0.2) is 27.3 Å². The summed E-state index contributed by atoms with van der Waals surface area (Å²) in [6.07, 6.45) is 0. The molecule has 2 amide bonds. The van der Waals surface area contributed by atoms with Crippen LogP contribution in [-0.2, 0) is 21.7 Å². The third kappa shape index (κ3) is 2.63. The summed E-state index contributed by atoms with van der Waals surface area (Å²) in [5.74, 6) is -2.00. The maximum absolute atomic E-state index is 14.2. The minimum absolute atomic E-state index is 0.0145. The second kappa shape index (κ2) is 6.33. The summed E-state index contributed by atoms with van der Waals surface area (Å²) >= 11 is 6.92. The van der Waals surface area contributed by atoms with Crippen LogP contribution in [0, 0.1) is 5.82 Å². The van der Waals surface area contributed by atoms with Crippen molar-refractivity contribution in [3.05, 3.63) is 64.4 Å². The van der Waals surface area contributed by atoms with Crippen molar-refractivity contribution >= 4 is 46.0 Å². The van der Waals surface area contributed by atoms with Gasteiger partial charge in [-0.15, -0.1) is 0 Å². The largest absolute Gasteiger partial charge is 0.378 e. The summed E-state index contributed by atoms with van der Waals surface area (Å²) in [6, 6.07) is 10.7. The Bertz CT molecular complexity index is 995. The molecule has 2 aromatic carbocycles. The van der Waals surface area contributed by atoms with Crippen molar-refractivity contribution in [1.82, 2.24) is 0 Å². The van der Waals surface area contributed by atoms with Crippen LogP contribution in [0.4, 0.5) is 10.1 Å². The Hall–Kier alpha value is -2.42. The summed E-state index contributed by atoms with van der Waals surface area (Å²) in [6.45, 7) is -0.189. The zero-order valence-electron chi connectivity index (χ0n) is 13.7. The number of thioether (sulfide) groups is 1. The predicted molar refractivity (Wildman–Crippen MR) is 101 cm³/mol. The lowest BCUT2D eigenvalue weighted by Crippen LogP contribution is -2.49. The Morgan fingerprint density at radius 3 is 2.67 bits per heavy atom. The highest BCUT2D eigenvalue weighted by Gasteiger charge is 2.59. The number of nitrogens with zero attached hydrogens (tertiary/aromatic N) is 2. The molecule has 2 heterocycles. The lowest BCUT2D eigenvalue weighted by Gasteiger charge is -2.26. The van der Waals surface area contributed by atoms with Gasteiger partial charge in [0.15, 0.2) is 10.8 Å². The van der Waals surface area contributed by atoms with E-state index in [4.69, 9.17) is 17.3 Å². The number of amidine groups is 1. The van der Waals surface area contributed by atoms with E-state index in [1.54, 1.807) is 24.3 Å². The molecular weight excluding hydrogens is 393 g/mol. The summed E-state index contributed by atoms with van der Waals surface area (Å²) in [4.78, 5) is 30.2. The van der Waals surface area contributed by atoms with Gasteiger partial charge in [-0.25, -0.2) is 4.39 Å². The van der Waals surface area contributed by atoms with Crippen molar-refractivity contribution < 1.29 is 19.1 Å². The summed E-state index contributed by atoms with van der Waals surface area (Å²) < 4.78 is 14.2. The minimum atomic E-state index is -2.15. The van der Waals surface area contributed by atoms with E-state index in [-0.39, 0.29) is 27.9 Å². The predicted octanol–water partition coefficient (Wildman–Crippen LogP) is 2.17. The van der Waals surface area contributed by atoms with E-state index in [0.717, 1.165) is 11.8 Å². The summed E-state index contributed by atoms with van der Waals surface area (Å²) in [7, 11) is 0. The van der Waals surface area contributed by atoms with Crippen molar-refractivity contribution in [2.24, 2.45) is 10.7 Å². The quantitative estimate of drug-likeness (QED) is 0.815. The lowest BCUT2D eigenvalue weighted by atomic mass is 9.91. The number of fused-ring (bicyclic) bond motifs is 1. The molecule has 0 fully saturated rings. The Labute approximate surface area is 162 Å². The fraction of sp³-hybridized carbons (Fsp3) is 0.167. The van der Waals surface area contributed by atoms with Gasteiger partial charge in [-0.2, -0.15) is 4.99 Å². The molecule has 0 spiro atoms. The van der Waals surface area contributed by atoms with E-state index in [1.807, 2.05) is 0 Å². The number of carbonyl (C=O) groups excluding carboxylic acids is 2. The van der Waals surface area contributed by atoms with E-state index in [9.17, 15) is 19.1 Å². The molecule has 4 rings (SSSR count). The van der Waals surface area contributed by atoms with Gasteiger partial charge in [0.1, 0.15) is 11.1 Å². The van der Waals surface area contributed by atoms with Crippen LogP contribution < -0.4 is 10.6 Å². The van der Waals surface area contributed by atoms with Crippen LogP contribution in [0.15, 0.2) is 47.5 Å². The van der Waals surface area contributed by atoms with Gasteiger partial charge >= 0.3 is 0 Å². The molecule has 0 saturated carbocycles. The fourth-order valence-electron chi connectivity index (χ4n) is 3.34. The molecule has 9 heteroatoms. The fourth-order valence-corrected chi connectivity index (χ4v) is 4.50. The number of rotatable bonds is 3. The second-order valence-electron chi connectivity index (χ2n) is 6.16. The Kier molecular flexibility index (Phi) is 4.21. The first kappa shape index (κ1) is 18.0. The molecule has 2 atom stereocenters. The molecule has 2 aromatic rings. The summed E-state index contributed by atoms with van der Waals surface area (Å²) in [5, 5.41) is 10.2. The van der Waals surface area contributed by atoms with E-state index in [0.29, 0.717) is 5.69 Å². The highest BCUT2D eigenvalue weighted by Crippen LogP contribution is 2.48. The Morgan fingerprint density at radius 1 is 1.26 bits per heavy atom. The van der Waals surface area contributed by atoms with Gasteiger partial charge in [0.25, 0.3) is 11.8 Å². The van der Waals surface area contributed by atoms with Crippen LogP contribution in [0.25, 0.3) is 0 Å². The first-order valence-corrected chi connectivity index (χ1v) is 9.21. The molecule has 2 aliphatic heterocycles. The van der Waals surface area contributed by atoms with Crippen LogP contribution in [0.1, 0.15) is 11.1 Å². The molecule has 27 heavy (non-hydrogen) atoms. The molecule has 6 nitrogen and oxygen atoms in total. The molecule has 2 aliphatic rings. The van der Waals surface area contributed by atoms with Gasteiger partial charge in [-0.1, -0.05) is 47.6 Å². The average molecular weight is 406 g/mol. The van der Waals surface area contributed by atoms with Crippen molar-refractivity contribution in [3.63, 3.8) is 0 Å². The molecule has 0 aromatic heterocycles. The van der Waals surface area contributed by atoms with Crippen molar-refractivity contribution in [2.75, 3.05) is 4.90 Å². The molecular formula is C18H13ClFN3O3S. The van der Waals surface area contributed by atoms with Crippen LogP contribution in [0.3, 0.4) is 0 Å². The van der Waals surface area contributed by atoms with E-state index in [2.05, 4.69) is 4.99 Å². The SMILES string of the molecule is NC1=NC(=O)[C@@H]([C@]2(O)C(=O)N(Cc3c(F)cccc3Cl)c3ccccc32)S1. The minimum Gasteiger partial charge on any atom is -0.378 e. The van der Waals surface area contributed by atoms with Crippen LogP contribution in [0.2, 0.25) is 5.02 Å². The number of hydrogen-bond acceptors (Lipinski definition) is 5. The van der Waals surface area contributed by atoms with Gasteiger partial charge < -0.3 is 15.7 Å². The molecule has 3 N–H and O–H groups in total. The first-order chi connectivity index (χ1) is 12.8. The molecule has 0 saturated heterocycles. The highest BCUT2D eigenvalue weighted by atomic mass is 35.5. The third-order valence-corrected chi connectivity index (χ3v) is 6.08. The second-order valence-corrected chi connectivity index (χ2v) is 7.69. The normalized spacial score (nSPS) is 24.3. The number of benzene rings is 2. The van der Waals surface area contributed by atoms with Gasteiger partial charge in [0.2, 0.25) is 0 Å². The van der Waals surface area contributed by atoms with Gasteiger partial charge in [0, 0.05) is 16.1 Å². The number of para-hydroxylation sites is 1. The van der Waals surface area contributed by atoms with Crippen LogP contribution >= 0.6 is 23.4 Å². The van der Waals surface area contributed by atoms with E-state index < -0.39 is 28.5 Å². The number of hydrogen-bond donors (Lipinski definition) is 2. The zero-order chi connectivity index (χ0) is 19.3. The maximum Gasteiger partial charge on any atom is 0.265 e. The first-order valence-electron chi connectivity index (χ1n) is 7.95.